The van der Waals surface area contributed by atoms with E-state index in [9.17, 15) is 9.59 Å². The molecule has 1 N–H and O–H groups in total. The molecule has 0 unspecified atom stereocenters. The van der Waals surface area contributed by atoms with E-state index in [1.807, 2.05) is 66.4 Å². The Bertz CT molecular complexity index is 789. The maximum atomic E-state index is 12.5. The summed E-state index contributed by atoms with van der Waals surface area (Å²) in [6, 6.07) is 16.7. The van der Waals surface area contributed by atoms with Crippen molar-refractivity contribution in [1.82, 2.24) is 15.1 Å². The van der Waals surface area contributed by atoms with Crippen LogP contribution < -0.4 is 5.32 Å². The van der Waals surface area contributed by atoms with Crippen LogP contribution >= 0.6 is 11.6 Å². The number of piperazine rings is 1. The van der Waals surface area contributed by atoms with Gasteiger partial charge in [0.2, 0.25) is 5.91 Å². The maximum Gasteiger partial charge on any atom is 0.253 e. The first-order chi connectivity index (χ1) is 13.0. The minimum Gasteiger partial charge on any atom is -0.348 e. The Balaban J connectivity index is 1.46. The first-order valence-electron chi connectivity index (χ1n) is 9.14. The van der Waals surface area contributed by atoms with Crippen molar-refractivity contribution < 1.29 is 9.59 Å². The molecule has 3 rings (SSSR count). The number of hydrogen-bond donors (Lipinski definition) is 1. The summed E-state index contributed by atoms with van der Waals surface area (Å²) < 4.78 is 0. The van der Waals surface area contributed by atoms with Crippen LogP contribution in [0.4, 0.5) is 0 Å². The predicted molar refractivity (Wildman–Crippen MR) is 107 cm³/mol. The van der Waals surface area contributed by atoms with Crippen molar-refractivity contribution in [2.75, 3.05) is 32.7 Å². The van der Waals surface area contributed by atoms with Gasteiger partial charge >= 0.3 is 0 Å². The van der Waals surface area contributed by atoms with Crippen LogP contribution in [0, 0.1) is 0 Å². The summed E-state index contributed by atoms with van der Waals surface area (Å²) in [5.74, 6) is 0.0274. The maximum absolute atomic E-state index is 12.5. The summed E-state index contributed by atoms with van der Waals surface area (Å²) in [7, 11) is 0. The number of amides is 2. The molecular weight excluding hydrogens is 362 g/mol. The molecule has 0 aromatic heterocycles. The van der Waals surface area contributed by atoms with E-state index >= 15 is 0 Å². The minimum atomic E-state index is -0.0999. The molecule has 2 aromatic rings. The van der Waals surface area contributed by atoms with Crippen molar-refractivity contribution in [2.45, 2.75) is 13.0 Å². The van der Waals surface area contributed by atoms with Crippen LogP contribution in [-0.2, 0) is 4.79 Å². The second kappa shape index (κ2) is 9.02. The van der Waals surface area contributed by atoms with Crippen LogP contribution in [0.1, 0.15) is 28.9 Å². The van der Waals surface area contributed by atoms with Gasteiger partial charge in [0.05, 0.1) is 12.6 Å². The molecule has 27 heavy (non-hydrogen) atoms. The number of halogens is 1. The zero-order valence-electron chi connectivity index (χ0n) is 15.4. The van der Waals surface area contributed by atoms with Crippen LogP contribution in [-0.4, -0.2) is 54.3 Å². The molecule has 2 aromatic carbocycles. The van der Waals surface area contributed by atoms with E-state index in [2.05, 4.69) is 10.2 Å². The van der Waals surface area contributed by atoms with E-state index in [1.165, 1.54) is 0 Å². The van der Waals surface area contributed by atoms with Crippen LogP contribution in [0.3, 0.4) is 0 Å². The highest BCUT2D eigenvalue weighted by atomic mass is 35.5. The summed E-state index contributed by atoms with van der Waals surface area (Å²) in [6.07, 6.45) is 0. The Labute approximate surface area is 164 Å². The fraction of sp³-hybridized carbons (Fsp3) is 0.333. The van der Waals surface area contributed by atoms with Gasteiger partial charge in [0.25, 0.3) is 5.91 Å². The number of nitrogens with one attached hydrogen (secondary N) is 1. The highest BCUT2D eigenvalue weighted by Crippen LogP contribution is 2.17. The SMILES string of the molecule is C[C@H](NC(=O)CN1CCN(C(=O)c2ccccc2)CC1)c1cccc(Cl)c1. The Kier molecular flexibility index (Phi) is 6.48. The normalized spacial score (nSPS) is 16.0. The fourth-order valence-electron chi connectivity index (χ4n) is 3.22. The van der Waals surface area contributed by atoms with E-state index in [0.717, 1.165) is 5.56 Å². The molecule has 1 fully saturated rings. The molecule has 0 radical (unpaired) electrons. The number of benzene rings is 2. The van der Waals surface area contributed by atoms with Gasteiger partial charge in [-0.05, 0) is 36.8 Å². The molecule has 1 heterocycles. The molecule has 1 aliphatic heterocycles. The first kappa shape index (κ1) is 19.4. The molecule has 0 spiro atoms. The Morgan fingerprint density at radius 1 is 1.04 bits per heavy atom. The van der Waals surface area contributed by atoms with Gasteiger partial charge < -0.3 is 10.2 Å². The monoisotopic (exact) mass is 385 g/mol. The Morgan fingerprint density at radius 2 is 1.74 bits per heavy atom. The van der Waals surface area contributed by atoms with Gasteiger partial charge in [-0.1, -0.05) is 41.9 Å². The van der Waals surface area contributed by atoms with Crippen molar-refractivity contribution in [3.05, 3.63) is 70.7 Å². The zero-order chi connectivity index (χ0) is 19.2. The summed E-state index contributed by atoms with van der Waals surface area (Å²) in [5.41, 5.74) is 1.69. The summed E-state index contributed by atoms with van der Waals surface area (Å²) in [6.45, 7) is 4.92. The zero-order valence-corrected chi connectivity index (χ0v) is 16.2. The van der Waals surface area contributed by atoms with Crippen LogP contribution in [0.5, 0.6) is 0 Å². The topological polar surface area (TPSA) is 52.7 Å². The molecule has 142 valence electrons. The highest BCUT2D eigenvalue weighted by molar-refractivity contribution is 6.30. The standard InChI is InChI=1S/C21H24ClN3O2/c1-16(18-8-5-9-19(22)14-18)23-20(26)15-24-10-12-25(13-11-24)21(27)17-6-3-2-4-7-17/h2-9,14,16H,10-13,15H2,1H3,(H,23,26)/t16-/m0/s1. The molecule has 1 saturated heterocycles. The molecule has 0 aliphatic carbocycles. The van der Waals surface area contributed by atoms with Gasteiger partial charge in [0.15, 0.2) is 0 Å². The van der Waals surface area contributed by atoms with E-state index in [0.29, 0.717) is 43.3 Å². The number of hydrogen-bond acceptors (Lipinski definition) is 3. The molecule has 1 aliphatic rings. The third kappa shape index (κ3) is 5.31. The van der Waals surface area contributed by atoms with Crippen LogP contribution in [0.25, 0.3) is 0 Å². The fourth-order valence-corrected chi connectivity index (χ4v) is 3.42. The Hall–Kier alpha value is -2.37. The third-order valence-electron chi connectivity index (χ3n) is 4.77. The average molecular weight is 386 g/mol. The summed E-state index contributed by atoms with van der Waals surface area (Å²) >= 11 is 6.01. The number of carbonyl (C=O) groups excluding carboxylic acids is 2. The largest absolute Gasteiger partial charge is 0.348 e. The molecule has 1 atom stereocenters. The van der Waals surface area contributed by atoms with Gasteiger partial charge in [0, 0.05) is 36.8 Å². The quantitative estimate of drug-likeness (QED) is 0.860. The number of nitrogens with zero attached hydrogens (tertiary/aromatic N) is 2. The van der Waals surface area contributed by atoms with Gasteiger partial charge in [-0.25, -0.2) is 0 Å². The number of carbonyl (C=O) groups is 2. The van der Waals surface area contributed by atoms with E-state index in [-0.39, 0.29) is 17.9 Å². The molecule has 0 saturated carbocycles. The molecule has 6 heteroatoms. The predicted octanol–water partition coefficient (Wildman–Crippen LogP) is 2.98. The number of rotatable bonds is 5. The first-order valence-corrected chi connectivity index (χ1v) is 9.52. The molecule has 0 bridgehead atoms. The minimum absolute atomic E-state index is 0.0229. The van der Waals surface area contributed by atoms with Crippen LogP contribution in [0.15, 0.2) is 54.6 Å². The van der Waals surface area contributed by atoms with Gasteiger partial charge in [-0.2, -0.15) is 0 Å². The highest BCUT2D eigenvalue weighted by Gasteiger charge is 2.23. The van der Waals surface area contributed by atoms with Crippen molar-refractivity contribution in [2.24, 2.45) is 0 Å². The third-order valence-corrected chi connectivity index (χ3v) is 5.01. The molecule has 5 nitrogen and oxygen atoms in total. The van der Waals surface area contributed by atoms with Crippen molar-refractivity contribution >= 4 is 23.4 Å². The van der Waals surface area contributed by atoms with Gasteiger partial charge in [0.1, 0.15) is 0 Å². The van der Waals surface area contributed by atoms with Gasteiger partial charge in [-0.15, -0.1) is 0 Å². The van der Waals surface area contributed by atoms with E-state index in [4.69, 9.17) is 11.6 Å². The van der Waals surface area contributed by atoms with Crippen LogP contribution in [0.2, 0.25) is 5.02 Å². The van der Waals surface area contributed by atoms with Crippen molar-refractivity contribution in [3.63, 3.8) is 0 Å². The lowest BCUT2D eigenvalue weighted by Crippen LogP contribution is -2.51. The Morgan fingerprint density at radius 3 is 2.41 bits per heavy atom. The van der Waals surface area contributed by atoms with E-state index in [1.54, 1.807) is 0 Å². The second-order valence-electron chi connectivity index (χ2n) is 6.78. The van der Waals surface area contributed by atoms with Crippen molar-refractivity contribution in [3.8, 4) is 0 Å². The second-order valence-corrected chi connectivity index (χ2v) is 7.22. The lowest BCUT2D eigenvalue weighted by atomic mass is 10.1. The lowest BCUT2D eigenvalue weighted by molar-refractivity contribution is -0.123. The molecular formula is C21H24ClN3O2. The van der Waals surface area contributed by atoms with E-state index < -0.39 is 0 Å². The lowest BCUT2D eigenvalue weighted by Gasteiger charge is -2.34. The summed E-state index contributed by atoms with van der Waals surface area (Å²) in [5, 5.41) is 3.67. The molecule has 2 amide bonds. The van der Waals surface area contributed by atoms with Gasteiger partial charge in [-0.3, -0.25) is 14.5 Å². The van der Waals surface area contributed by atoms with Crippen molar-refractivity contribution in [1.29, 1.82) is 0 Å². The summed E-state index contributed by atoms with van der Waals surface area (Å²) in [4.78, 5) is 28.8. The smallest absolute Gasteiger partial charge is 0.253 e. The average Bonchev–Trinajstić information content (AvgIpc) is 2.68.